The van der Waals surface area contributed by atoms with Crippen molar-refractivity contribution in [3.8, 4) is 0 Å². The Kier molecular flexibility index (Phi) is 6.16. The summed E-state index contributed by atoms with van der Waals surface area (Å²) in [4.78, 5) is 5.98. The number of nitrogens with zero attached hydrogens (tertiary/aromatic N) is 1. The van der Waals surface area contributed by atoms with E-state index in [0.717, 1.165) is 19.0 Å². The lowest BCUT2D eigenvalue weighted by Gasteiger charge is -2.35. The summed E-state index contributed by atoms with van der Waals surface area (Å²) in [7, 11) is 0. The fourth-order valence-electron chi connectivity index (χ4n) is 3.44. The number of hydrogen-bond donors (Lipinski definition) is 2. The molecular formula is C17H25Cl2N3. The molecule has 2 aliphatic rings. The standard InChI is InChI=1S/C17H23N3.2ClH/c1-2-13(1)11-17(20-9-7-18-8-10-20)15-3-4-16-14(12-15)5-6-19-16;;/h3-6,12-13,17-19H,1-2,7-11H2;2*1H/t17-;;/m0../s1. The van der Waals surface area contributed by atoms with Gasteiger partial charge in [-0.15, -0.1) is 24.8 Å². The first-order valence-corrected chi connectivity index (χ1v) is 7.92. The van der Waals surface area contributed by atoms with Gasteiger partial charge in [-0.05, 0) is 41.5 Å². The molecule has 2 N–H and O–H groups in total. The molecule has 2 aromatic rings. The molecular weight excluding hydrogens is 317 g/mol. The molecule has 1 aliphatic heterocycles. The number of piperazine rings is 1. The number of fused-ring (bicyclic) bond motifs is 1. The summed E-state index contributed by atoms with van der Waals surface area (Å²) in [6.07, 6.45) is 6.26. The minimum Gasteiger partial charge on any atom is -0.361 e. The van der Waals surface area contributed by atoms with E-state index in [1.807, 2.05) is 6.20 Å². The van der Waals surface area contributed by atoms with Crippen LogP contribution in [0.15, 0.2) is 30.5 Å². The maximum Gasteiger partial charge on any atom is 0.0454 e. The van der Waals surface area contributed by atoms with Gasteiger partial charge in [-0.2, -0.15) is 0 Å². The van der Waals surface area contributed by atoms with Crippen LogP contribution in [0.1, 0.15) is 30.9 Å². The van der Waals surface area contributed by atoms with Gasteiger partial charge in [-0.3, -0.25) is 4.90 Å². The number of aromatic nitrogens is 1. The van der Waals surface area contributed by atoms with Crippen molar-refractivity contribution in [2.45, 2.75) is 25.3 Å². The molecule has 1 saturated heterocycles. The van der Waals surface area contributed by atoms with Crippen molar-refractivity contribution >= 4 is 35.7 Å². The quantitative estimate of drug-likeness (QED) is 0.886. The summed E-state index contributed by atoms with van der Waals surface area (Å²) in [5, 5.41) is 4.81. The predicted molar refractivity (Wildman–Crippen MR) is 97.3 cm³/mol. The third kappa shape index (κ3) is 3.77. The van der Waals surface area contributed by atoms with Crippen molar-refractivity contribution in [3.63, 3.8) is 0 Å². The van der Waals surface area contributed by atoms with Gasteiger partial charge in [0.15, 0.2) is 0 Å². The zero-order chi connectivity index (χ0) is 13.4. The predicted octanol–water partition coefficient (Wildman–Crippen LogP) is 3.76. The summed E-state index contributed by atoms with van der Waals surface area (Å²) >= 11 is 0. The first-order valence-electron chi connectivity index (χ1n) is 7.92. The Balaban J connectivity index is 0.000000882. The molecule has 1 aliphatic carbocycles. The topological polar surface area (TPSA) is 31.1 Å². The molecule has 0 amide bonds. The number of halogens is 2. The highest BCUT2D eigenvalue weighted by Gasteiger charge is 2.30. The molecule has 0 unspecified atom stereocenters. The van der Waals surface area contributed by atoms with Crippen molar-refractivity contribution in [2.75, 3.05) is 26.2 Å². The van der Waals surface area contributed by atoms with Crippen LogP contribution in [-0.2, 0) is 0 Å². The molecule has 0 spiro atoms. The van der Waals surface area contributed by atoms with Gasteiger partial charge in [-0.1, -0.05) is 18.9 Å². The van der Waals surface area contributed by atoms with E-state index in [-0.39, 0.29) is 24.8 Å². The maximum atomic E-state index is 3.47. The van der Waals surface area contributed by atoms with E-state index < -0.39 is 0 Å². The maximum absolute atomic E-state index is 3.47. The molecule has 1 aromatic heterocycles. The van der Waals surface area contributed by atoms with Crippen LogP contribution >= 0.6 is 24.8 Å². The fraction of sp³-hybridized carbons (Fsp3) is 0.529. The molecule has 0 bridgehead atoms. The number of H-pyrrole nitrogens is 1. The van der Waals surface area contributed by atoms with Crippen LogP contribution in [0.3, 0.4) is 0 Å². The normalized spacial score (nSPS) is 20.2. The van der Waals surface area contributed by atoms with Gasteiger partial charge in [0.25, 0.3) is 0 Å². The van der Waals surface area contributed by atoms with Crippen molar-refractivity contribution in [1.29, 1.82) is 0 Å². The second-order valence-corrected chi connectivity index (χ2v) is 6.31. The Morgan fingerprint density at radius 1 is 1.09 bits per heavy atom. The highest BCUT2D eigenvalue weighted by Crippen LogP contribution is 2.40. The summed E-state index contributed by atoms with van der Waals surface area (Å²) in [6.45, 7) is 4.63. The number of rotatable bonds is 4. The number of aromatic amines is 1. The van der Waals surface area contributed by atoms with Gasteiger partial charge in [-0.25, -0.2) is 0 Å². The van der Waals surface area contributed by atoms with Crippen LogP contribution in [0, 0.1) is 5.92 Å². The highest BCUT2D eigenvalue weighted by molar-refractivity contribution is 5.85. The minimum absolute atomic E-state index is 0. The van der Waals surface area contributed by atoms with Crippen LogP contribution in [0.2, 0.25) is 0 Å². The van der Waals surface area contributed by atoms with Gasteiger partial charge < -0.3 is 10.3 Å². The van der Waals surface area contributed by atoms with E-state index in [0.29, 0.717) is 6.04 Å². The molecule has 4 rings (SSSR count). The van der Waals surface area contributed by atoms with Gasteiger partial charge in [0.1, 0.15) is 0 Å². The third-order valence-electron chi connectivity index (χ3n) is 4.81. The molecule has 5 heteroatoms. The number of hydrogen-bond acceptors (Lipinski definition) is 2. The van der Waals surface area contributed by atoms with E-state index in [1.54, 1.807) is 0 Å². The average molecular weight is 342 g/mol. The molecule has 122 valence electrons. The van der Waals surface area contributed by atoms with Crippen LogP contribution in [0.25, 0.3) is 10.9 Å². The molecule has 3 nitrogen and oxygen atoms in total. The molecule has 1 saturated carbocycles. The molecule has 22 heavy (non-hydrogen) atoms. The highest BCUT2D eigenvalue weighted by atomic mass is 35.5. The Bertz CT molecular complexity index is 588. The second-order valence-electron chi connectivity index (χ2n) is 6.31. The molecule has 0 radical (unpaired) electrons. The second kappa shape index (κ2) is 7.69. The van der Waals surface area contributed by atoms with Crippen LogP contribution in [-0.4, -0.2) is 36.1 Å². The van der Waals surface area contributed by atoms with E-state index >= 15 is 0 Å². The Hall–Kier alpha value is -0.740. The molecule has 1 aromatic carbocycles. The van der Waals surface area contributed by atoms with E-state index in [9.17, 15) is 0 Å². The SMILES string of the molecule is Cl.Cl.c1cc2cc([C@H](CC3CC3)N3CCNCC3)ccc2[nH]1. The number of nitrogens with one attached hydrogen (secondary N) is 2. The Morgan fingerprint density at radius 2 is 1.86 bits per heavy atom. The lowest BCUT2D eigenvalue weighted by molar-refractivity contribution is 0.160. The summed E-state index contributed by atoms with van der Waals surface area (Å²) in [5.41, 5.74) is 2.75. The molecule has 1 atom stereocenters. The first kappa shape index (κ1) is 17.6. The van der Waals surface area contributed by atoms with Crippen LogP contribution in [0.4, 0.5) is 0 Å². The van der Waals surface area contributed by atoms with E-state index in [1.165, 1.54) is 48.8 Å². The lowest BCUT2D eigenvalue weighted by Crippen LogP contribution is -2.45. The van der Waals surface area contributed by atoms with Crippen molar-refractivity contribution < 1.29 is 0 Å². The van der Waals surface area contributed by atoms with Gasteiger partial charge in [0.05, 0.1) is 0 Å². The summed E-state index contributed by atoms with van der Waals surface area (Å²) < 4.78 is 0. The van der Waals surface area contributed by atoms with Crippen LogP contribution < -0.4 is 5.32 Å². The average Bonchev–Trinajstić information content (AvgIpc) is 3.20. The zero-order valence-corrected chi connectivity index (χ0v) is 14.4. The Labute approximate surface area is 144 Å². The van der Waals surface area contributed by atoms with Crippen molar-refractivity contribution in [2.24, 2.45) is 5.92 Å². The van der Waals surface area contributed by atoms with Crippen molar-refractivity contribution in [1.82, 2.24) is 15.2 Å². The van der Waals surface area contributed by atoms with E-state index in [2.05, 4.69) is 39.5 Å². The van der Waals surface area contributed by atoms with Crippen LogP contribution in [0.5, 0.6) is 0 Å². The molecule has 2 fully saturated rings. The monoisotopic (exact) mass is 341 g/mol. The largest absolute Gasteiger partial charge is 0.361 e. The van der Waals surface area contributed by atoms with Gasteiger partial charge in [0.2, 0.25) is 0 Å². The molecule has 2 heterocycles. The third-order valence-corrected chi connectivity index (χ3v) is 4.81. The fourth-order valence-corrected chi connectivity index (χ4v) is 3.44. The minimum atomic E-state index is 0. The first-order chi connectivity index (χ1) is 9.90. The van der Waals surface area contributed by atoms with Gasteiger partial charge in [0, 0.05) is 43.9 Å². The summed E-state index contributed by atoms with van der Waals surface area (Å²) in [5.74, 6) is 0.969. The van der Waals surface area contributed by atoms with Crippen molar-refractivity contribution in [3.05, 3.63) is 36.0 Å². The Morgan fingerprint density at radius 3 is 2.59 bits per heavy atom. The zero-order valence-electron chi connectivity index (χ0n) is 12.8. The lowest BCUT2D eigenvalue weighted by atomic mass is 9.97. The number of benzene rings is 1. The van der Waals surface area contributed by atoms with Gasteiger partial charge >= 0.3 is 0 Å². The van der Waals surface area contributed by atoms with E-state index in [4.69, 9.17) is 0 Å². The smallest absolute Gasteiger partial charge is 0.0454 e. The summed E-state index contributed by atoms with van der Waals surface area (Å²) in [6, 6.07) is 9.76.